The van der Waals surface area contributed by atoms with Gasteiger partial charge in [0.1, 0.15) is 5.01 Å². The van der Waals surface area contributed by atoms with E-state index in [1.54, 1.807) is 11.3 Å². The third-order valence-electron chi connectivity index (χ3n) is 2.62. The Kier molecular flexibility index (Phi) is 2.05. The Balaban J connectivity index is 2.07. The van der Waals surface area contributed by atoms with Crippen molar-refractivity contribution in [2.75, 3.05) is 0 Å². The summed E-state index contributed by atoms with van der Waals surface area (Å²) in [6.45, 7) is 0.653. The van der Waals surface area contributed by atoms with E-state index in [2.05, 4.69) is 34.7 Å². The quantitative estimate of drug-likeness (QED) is 0.507. The minimum absolute atomic E-state index is 0.653. The number of nitrogens with zero attached hydrogens (tertiary/aromatic N) is 1. The summed E-state index contributed by atoms with van der Waals surface area (Å²) in [6, 6.07) is 8.46. The van der Waals surface area contributed by atoms with Gasteiger partial charge in [0.2, 0.25) is 0 Å². The molecule has 76 valence electrons. The molecule has 0 amide bonds. The van der Waals surface area contributed by atoms with Gasteiger partial charge in [-0.3, -0.25) is 11.3 Å². The van der Waals surface area contributed by atoms with Gasteiger partial charge in [0, 0.05) is 16.9 Å². The molecule has 0 saturated carbocycles. The lowest BCUT2D eigenvalue weighted by Gasteiger charge is -1.97. The van der Waals surface area contributed by atoms with E-state index in [0.29, 0.717) is 6.54 Å². The summed E-state index contributed by atoms with van der Waals surface area (Å²) in [4.78, 5) is 5.96. The van der Waals surface area contributed by atoms with Crippen LogP contribution in [0, 0.1) is 0 Å². The standard InChI is InChI=1S/C11H11N3S/c12-13-6-10-14-11-8-4-2-1-3-7(8)5-9(11)15-10/h1-4,13H,5-6,12H2. The van der Waals surface area contributed by atoms with Crippen LogP contribution in [-0.2, 0) is 13.0 Å². The summed E-state index contributed by atoms with van der Waals surface area (Å²) < 4.78 is 0. The molecule has 2 aromatic rings. The molecule has 1 aliphatic rings. The van der Waals surface area contributed by atoms with Crippen molar-refractivity contribution in [3.05, 3.63) is 39.7 Å². The second kappa shape index (κ2) is 3.41. The molecule has 4 heteroatoms. The number of aromatic nitrogens is 1. The van der Waals surface area contributed by atoms with Crippen molar-refractivity contribution >= 4 is 11.3 Å². The molecular weight excluding hydrogens is 206 g/mol. The van der Waals surface area contributed by atoms with Crippen LogP contribution in [0.2, 0.25) is 0 Å². The van der Waals surface area contributed by atoms with Gasteiger partial charge >= 0.3 is 0 Å². The molecule has 0 bridgehead atoms. The molecule has 1 aliphatic carbocycles. The molecule has 0 fully saturated rings. The average Bonchev–Trinajstić information content (AvgIpc) is 2.75. The maximum Gasteiger partial charge on any atom is 0.109 e. The molecule has 1 aromatic heterocycles. The van der Waals surface area contributed by atoms with Crippen molar-refractivity contribution in [2.24, 2.45) is 5.84 Å². The van der Waals surface area contributed by atoms with Crippen LogP contribution in [0.3, 0.4) is 0 Å². The van der Waals surface area contributed by atoms with E-state index in [-0.39, 0.29) is 0 Å². The Morgan fingerprint density at radius 2 is 2.27 bits per heavy atom. The lowest BCUT2D eigenvalue weighted by atomic mass is 10.1. The zero-order valence-corrected chi connectivity index (χ0v) is 8.97. The lowest BCUT2D eigenvalue weighted by Crippen LogP contribution is -2.20. The third-order valence-corrected chi connectivity index (χ3v) is 3.67. The largest absolute Gasteiger partial charge is 0.271 e. The fraction of sp³-hybridized carbons (Fsp3) is 0.182. The van der Waals surface area contributed by atoms with Crippen LogP contribution in [-0.4, -0.2) is 4.98 Å². The van der Waals surface area contributed by atoms with E-state index in [9.17, 15) is 0 Å². The fourth-order valence-corrected chi connectivity index (χ4v) is 3.03. The van der Waals surface area contributed by atoms with Crippen LogP contribution >= 0.6 is 11.3 Å². The van der Waals surface area contributed by atoms with E-state index in [4.69, 9.17) is 5.84 Å². The van der Waals surface area contributed by atoms with Crippen LogP contribution in [0.1, 0.15) is 15.4 Å². The molecule has 1 heterocycles. The lowest BCUT2D eigenvalue weighted by molar-refractivity contribution is 0.737. The van der Waals surface area contributed by atoms with Crippen molar-refractivity contribution in [3.8, 4) is 11.3 Å². The number of benzene rings is 1. The van der Waals surface area contributed by atoms with E-state index < -0.39 is 0 Å². The molecule has 15 heavy (non-hydrogen) atoms. The molecule has 0 spiro atoms. The first kappa shape index (κ1) is 9.03. The highest BCUT2D eigenvalue weighted by Gasteiger charge is 2.22. The van der Waals surface area contributed by atoms with Crippen molar-refractivity contribution in [2.45, 2.75) is 13.0 Å². The Hall–Kier alpha value is -1.23. The molecule has 3 rings (SSSR count). The maximum atomic E-state index is 5.29. The van der Waals surface area contributed by atoms with Gasteiger partial charge in [-0.2, -0.15) is 0 Å². The number of hydrogen-bond acceptors (Lipinski definition) is 4. The van der Waals surface area contributed by atoms with Crippen LogP contribution in [0.25, 0.3) is 11.3 Å². The molecule has 0 radical (unpaired) electrons. The highest BCUT2D eigenvalue weighted by Crippen LogP contribution is 2.38. The molecule has 3 N–H and O–H groups in total. The number of hydrazine groups is 1. The topological polar surface area (TPSA) is 50.9 Å². The van der Waals surface area contributed by atoms with Gasteiger partial charge in [0.25, 0.3) is 0 Å². The van der Waals surface area contributed by atoms with Gasteiger partial charge < -0.3 is 0 Å². The Morgan fingerprint density at radius 3 is 3.13 bits per heavy atom. The first-order valence-corrected chi connectivity index (χ1v) is 5.70. The molecule has 3 nitrogen and oxygen atoms in total. The Morgan fingerprint density at radius 1 is 1.40 bits per heavy atom. The minimum atomic E-state index is 0.653. The van der Waals surface area contributed by atoms with E-state index >= 15 is 0 Å². The summed E-state index contributed by atoms with van der Waals surface area (Å²) in [5.41, 5.74) is 6.47. The highest BCUT2D eigenvalue weighted by atomic mass is 32.1. The Labute approximate surface area is 91.9 Å². The van der Waals surface area contributed by atoms with Crippen molar-refractivity contribution in [3.63, 3.8) is 0 Å². The second-order valence-electron chi connectivity index (χ2n) is 3.59. The smallest absolute Gasteiger partial charge is 0.109 e. The Bertz CT molecular complexity index is 504. The van der Waals surface area contributed by atoms with Gasteiger partial charge in [-0.15, -0.1) is 11.3 Å². The first-order chi connectivity index (χ1) is 7.38. The summed E-state index contributed by atoms with van der Waals surface area (Å²) in [5, 5.41) is 1.07. The predicted octanol–water partition coefficient (Wildman–Crippen LogP) is 1.68. The first-order valence-electron chi connectivity index (χ1n) is 4.89. The summed E-state index contributed by atoms with van der Waals surface area (Å²) in [6.07, 6.45) is 1.02. The number of fused-ring (bicyclic) bond motifs is 3. The zero-order valence-electron chi connectivity index (χ0n) is 8.16. The van der Waals surface area contributed by atoms with E-state index in [1.807, 2.05) is 0 Å². The highest BCUT2D eigenvalue weighted by molar-refractivity contribution is 7.12. The van der Waals surface area contributed by atoms with Crippen LogP contribution < -0.4 is 11.3 Å². The number of thiazole rings is 1. The van der Waals surface area contributed by atoms with Gasteiger partial charge in [-0.05, 0) is 5.56 Å². The van der Waals surface area contributed by atoms with E-state index in [1.165, 1.54) is 16.0 Å². The van der Waals surface area contributed by atoms with Gasteiger partial charge in [-0.1, -0.05) is 24.3 Å². The maximum absolute atomic E-state index is 5.29. The van der Waals surface area contributed by atoms with Crippen molar-refractivity contribution in [1.29, 1.82) is 0 Å². The normalized spacial score (nSPS) is 12.6. The summed E-state index contributed by atoms with van der Waals surface area (Å²) >= 11 is 1.75. The number of nitrogens with one attached hydrogen (secondary N) is 1. The van der Waals surface area contributed by atoms with Crippen LogP contribution in [0.5, 0.6) is 0 Å². The summed E-state index contributed by atoms with van der Waals surface area (Å²) in [7, 11) is 0. The SMILES string of the molecule is NNCc1nc2c(s1)Cc1ccccc1-2. The zero-order chi connectivity index (χ0) is 10.3. The fourth-order valence-electron chi connectivity index (χ4n) is 1.97. The van der Waals surface area contributed by atoms with Crippen molar-refractivity contribution in [1.82, 2.24) is 10.4 Å². The van der Waals surface area contributed by atoms with Gasteiger partial charge in [0.15, 0.2) is 0 Å². The number of rotatable bonds is 2. The predicted molar refractivity (Wildman–Crippen MR) is 61.4 cm³/mol. The minimum Gasteiger partial charge on any atom is -0.271 e. The van der Waals surface area contributed by atoms with Crippen molar-refractivity contribution < 1.29 is 0 Å². The van der Waals surface area contributed by atoms with Gasteiger partial charge in [0.05, 0.1) is 12.2 Å². The van der Waals surface area contributed by atoms with Crippen LogP contribution in [0.15, 0.2) is 24.3 Å². The number of hydrogen-bond donors (Lipinski definition) is 2. The van der Waals surface area contributed by atoms with Gasteiger partial charge in [-0.25, -0.2) is 4.98 Å². The summed E-state index contributed by atoms with van der Waals surface area (Å²) in [5.74, 6) is 5.29. The second-order valence-corrected chi connectivity index (χ2v) is 4.76. The third kappa shape index (κ3) is 1.38. The molecular formula is C11H11N3S. The molecule has 0 aliphatic heterocycles. The molecule has 0 saturated heterocycles. The van der Waals surface area contributed by atoms with Crippen LogP contribution in [0.4, 0.5) is 0 Å². The van der Waals surface area contributed by atoms with E-state index in [0.717, 1.165) is 17.1 Å². The monoisotopic (exact) mass is 217 g/mol. The molecule has 1 aromatic carbocycles. The number of nitrogens with two attached hydrogens (primary N) is 1. The average molecular weight is 217 g/mol. The molecule has 0 atom stereocenters. The molecule has 0 unspecified atom stereocenters.